The number of aliphatic imine (C=N–C) groups is 1. The second kappa shape index (κ2) is 9.52. The van der Waals surface area contributed by atoms with Crippen molar-refractivity contribution in [3.8, 4) is 0 Å². The fourth-order valence-corrected chi connectivity index (χ4v) is 5.92. The molecule has 0 unspecified atom stereocenters. The summed E-state index contributed by atoms with van der Waals surface area (Å²) in [6.07, 6.45) is 1.64. The highest BCUT2D eigenvalue weighted by atomic mass is 32.2. The van der Waals surface area contributed by atoms with E-state index in [0.717, 1.165) is 6.07 Å². The SMILES string of the molecule is CC1(C)C(CC=Nc2ccccc2)=[N+](CCCS(=O)(=O)O)c2c1cc(S(=O)(=O)O)cc2S(=O)(=O)O. The van der Waals surface area contributed by atoms with E-state index in [4.69, 9.17) is 4.55 Å². The molecule has 1 aliphatic heterocycles. The van der Waals surface area contributed by atoms with Crippen molar-refractivity contribution in [3.63, 3.8) is 0 Å². The molecule has 11 nitrogen and oxygen atoms in total. The van der Waals surface area contributed by atoms with Crippen molar-refractivity contribution in [2.75, 3.05) is 12.3 Å². The van der Waals surface area contributed by atoms with Gasteiger partial charge in [-0.1, -0.05) is 18.2 Å². The standard InChI is InChI=1S/C21H24N2O9S3/c1-21(2)17-13-16(34(27,28)29)14-18(35(30,31)32)20(17)23(11-6-12-33(24,25)26)19(21)9-10-22-15-7-4-3-5-8-15/h3-5,7-8,10,13-14H,6,9,11-12H2,1-2H3,(H2-,24,25,26,27,28,29,30,31,32)/p+1. The van der Waals surface area contributed by atoms with Gasteiger partial charge in [-0.2, -0.15) is 29.8 Å². The molecule has 0 radical (unpaired) electrons. The highest BCUT2D eigenvalue weighted by Gasteiger charge is 2.48. The van der Waals surface area contributed by atoms with Gasteiger partial charge in [-0.25, -0.2) is 0 Å². The first-order valence-electron chi connectivity index (χ1n) is 10.3. The highest BCUT2D eigenvalue weighted by molar-refractivity contribution is 7.86. The van der Waals surface area contributed by atoms with E-state index in [0.29, 0.717) is 17.5 Å². The average molecular weight is 546 g/mol. The summed E-state index contributed by atoms with van der Waals surface area (Å²) >= 11 is 0. The van der Waals surface area contributed by atoms with Crippen molar-refractivity contribution in [1.82, 2.24) is 0 Å². The van der Waals surface area contributed by atoms with Gasteiger partial charge in [0.15, 0.2) is 10.6 Å². The topological polar surface area (TPSA) is 178 Å². The maximum atomic E-state index is 12.2. The number of para-hydroxylation sites is 1. The first-order valence-corrected chi connectivity index (χ1v) is 14.8. The van der Waals surface area contributed by atoms with Crippen LogP contribution in [0, 0.1) is 0 Å². The first kappa shape index (κ1) is 27.1. The zero-order valence-corrected chi connectivity index (χ0v) is 21.3. The summed E-state index contributed by atoms with van der Waals surface area (Å²) in [5, 5.41) is 0. The number of hydrogen-bond acceptors (Lipinski definition) is 7. The van der Waals surface area contributed by atoms with Crippen molar-refractivity contribution in [2.45, 2.75) is 41.9 Å². The van der Waals surface area contributed by atoms with E-state index in [9.17, 15) is 34.4 Å². The van der Waals surface area contributed by atoms with Crippen LogP contribution in [0.1, 0.15) is 32.3 Å². The molecule has 0 atom stereocenters. The summed E-state index contributed by atoms with van der Waals surface area (Å²) in [6.45, 7) is 3.32. The molecule has 0 aliphatic carbocycles. The van der Waals surface area contributed by atoms with Crippen LogP contribution in [0.15, 0.2) is 57.2 Å². The predicted octanol–water partition coefficient (Wildman–Crippen LogP) is 2.63. The second-order valence-electron chi connectivity index (χ2n) is 8.48. The van der Waals surface area contributed by atoms with E-state index < -0.39 is 51.3 Å². The number of nitrogens with zero attached hydrogens (tertiary/aromatic N) is 2. The van der Waals surface area contributed by atoms with Crippen molar-refractivity contribution in [2.24, 2.45) is 4.99 Å². The van der Waals surface area contributed by atoms with Crippen LogP contribution in [0.3, 0.4) is 0 Å². The molecule has 1 aliphatic rings. The van der Waals surface area contributed by atoms with E-state index >= 15 is 0 Å². The smallest absolute Gasteiger partial charge is 0.286 e. The molecule has 2 aromatic carbocycles. The fraction of sp³-hybridized carbons (Fsp3) is 0.333. The third kappa shape index (κ3) is 6.20. The molecule has 190 valence electrons. The lowest BCUT2D eigenvalue weighted by molar-refractivity contribution is -0.441. The van der Waals surface area contributed by atoms with E-state index in [2.05, 4.69) is 4.99 Å². The maximum absolute atomic E-state index is 12.2. The van der Waals surface area contributed by atoms with E-state index in [1.807, 2.05) is 6.07 Å². The molecule has 0 saturated carbocycles. The lowest BCUT2D eigenvalue weighted by Crippen LogP contribution is -2.30. The minimum Gasteiger partial charge on any atom is -0.286 e. The molecule has 0 spiro atoms. The van der Waals surface area contributed by atoms with Crippen LogP contribution in [0.25, 0.3) is 0 Å². The normalized spacial score (nSPS) is 16.1. The van der Waals surface area contributed by atoms with Crippen molar-refractivity contribution in [3.05, 3.63) is 48.0 Å². The Morgan fingerprint density at radius 3 is 2.11 bits per heavy atom. The molecule has 3 N–H and O–H groups in total. The van der Waals surface area contributed by atoms with Crippen molar-refractivity contribution < 1.29 is 43.5 Å². The van der Waals surface area contributed by atoms with Gasteiger partial charge < -0.3 is 0 Å². The highest BCUT2D eigenvalue weighted by Crippen LogP contribution is 2.45. The van der Waals surface area contributed by atoms with Crippen LogP contribution in [0.2, 0.25) is 0 Å². The lowest BCUT2D eigenvalue weighted by atomic mass is 9.80. The van der Waals surface area contributed by atoms with Gasteiger partial charge in [0.25, 0.3) is 20.2 Å². The van der Waals surface area contributed by atoms with Gasteiger partial charge in [-0.15, -0.1) is 0 Å². The van der Waals surface area contributed by atoms with Gasteiger partial charge in [-0.05, 0) is 38.1 Å². The average Bonchev–Trinajstić information content (AvgIpc) is 2.93. The second-order valence-corrected chi connectivity index (χ2v) is 12.9. The summed E-state index contributed by atoms with van der Waals surface area (Å²) < 4.78 is 101. The number of fused-ring (bicyclic) bond motifs is 1. The summed E-state index contributed by atoms with van der Waals surface area (Å²) in [4.78, 5) is 2.90. The molecule has 0 saturated heterocycles. The summed E-state index contributed by atoms with van der Waals surface area (Å²) in [6, 6.07) is 10.7. The predicted molar refractivity (Wildman–Crippen MR) is 129 cm³/mol. The molecular weight excluding hydrogens is 520 g/mol. The Kier molecular flexibility index (Phi) is 7.37. The van der Waals surface area contributed by atoms with E-state index in [1.165, 1.54) is 4.58 Å². The van der Waals surface area contributed by atoms with Gasteiger partial charge >= 0.3 is 10.1 Å². The van der Waals surface area contributed by atoms with Crippen LogP contribution in [-0.2, 0) is 35.8 Å². The van der Waals surface area contributed by atoms with Crippen LogP contribution >= 0.6 is 0 Å². The van der Waals surface area contributed by atoms with Crippen molar-refractivity contribution in [1.29, 1.82) is 0 Å². The summed E-state index contributed by atoms with van der Waals surface area (Å²) in [5.41, 5.74) is 0.348. The minimum absolute atomic E-state index is 0.0386. The van der Waals surface area contributed by atoms with Crippen LogP contribution in [0.5, 0.6) is 0 Å². The van der Waals surface area contributed by atoms with E-state index in [-0.39, 0.29) is 30.6 Å². The van der Waals surface area contributed by atoms with Crippen molar-refractivity contribution >= 4 is 53.7 Å². The molecule has 3 rings (SSSR count). The molecule has 1 heterocycles. The Morgan fingerprint density at radius 2 is 1.57 bits per heavy atom. The van der Waals surface area contributed by atoms with Gasteiger partial charge in [0.2, 0.25) is 5.69 Å². The Bertz CT molecular complexity index is 1530. The quantitative estimate of drug-likeness (QED) is 0.243. The van der Waals surface area contributed by atoms with Crippen LogP contribution in [-0.4, -0.2) is 67.7 Å². The Balaban J connectivity index is 2.22. The van der Waals surface area contributed by atoms with Crippen LogP contribution in [0.4, 0.5) is 11.4 Å². The molecule has 0 aromatic heterocycles. The molecule has 14 heteroatoms. The zero-order valence-electron chi connectivity index (χ0n) is 18.9. The maximum Gasteiger partial charge on any atom is 0.301 e. The molecule has 2 aromatic rings. The Hall–Kier alpha value is -2.49. The zero-order chi connectivity index (χ0) is 26.2. The van der Waals surface area contributed by atoms with Crippen LogP contribution < -0.4 is 0 Å². The Morgan fingerprint density at radius 1 is 0.943 bits per heavy atom. The van der Waals surface area contributed by atoms with Gasteiger partial charge in [0, 0.05) is 18.2 Å². The lowest BCUT2D eigenvalue weighted by Gasteiger charge is -2.17. The molecule has 0 amide bonds. The Labute approximate surface area is 204 Å². The third-order valence-electron chi connectivity index (χ3n) is 5.68. The van der Waals surface area contributed by atoms with Gasteiger partial charge in [-0.3, -0.25) is 18.7 Å². The van der Waals surface area contributed by atoms with E-state index in [1.54, 1.807) is 44.3 Å². The molecule has 0 fully saturated rings. The van der Waals surface area contributed by atoms with Gasteiger partial charge in [0.05, 0.1) is 28.2 Å². The molecule has 35 heavy (non-hydrogen) atoms. The van der Waals surface area contributed by atoms with Gasteiger partial charge in [0.1, 0.15) is 6.54 Å². The monoisotopic (exact) mass is 545 g/mol. The summed E-state index contributed by atoms with van der Waals surface area (Å²) in [5.74, 6) is -0.602. The third-order valence-corrected chi connectivity index (χ3v) is 8.18. The molecular formula is C21H25N2O9S3+. The number of hydrogen-bond donors (Lipinski definition) is 3. The number of rotatable bonds is 9. The minimum atomic E-state index is -4.97. The fourth-order valence-electron chi connectivity index (χ4n) is 4.08. The molecule has 0 bridgehead atoms. The largest absolute Gasteiger partial charge is 0.301 e. The first-order chi connectivity index (χ1) is 16.0. The summed E-state index contributed by atoms with van der Waals surface area (Å²) in [7, 11) is -14.1. The number of benzene rings is 2.